The monoisotopic (exact) mass is 340 g/mol. The molecule has 0 aliphatic heterocycles. The molecule has 2 aromatic carbocycles. The van der Waals surface area contributed by atoms with Gasteiger partial charge in [-0.05, 0) is 23.3 Å². The maximum Gasteiger partial charge on any atom is 0.296 e. The fourth-order valence-electron chi connectivity index (χ4n) is 2.39. The third kappa shape index (κ3) is 2.62. The molecule has 0 aliphatic rings. The van der Waals surface area contributed by atoms with E-state index in [1.807, 2.05) is 12.1 Å². The summed E-state index contributed by atoms with van der Waals surface area (Å²) in [5, 5.41) is 14.7. The summed E-state index contributed by atoms with van der Waals surface area (Å²) in [6.45, 7) is 1.64. The molecule has 0 aliphatic carbocycles. The lowest BCUT2D eigenvalue weighted by Gasteiger charge is -2.04. The molecular formula is C16H12N4OS2. The lowest BCUT2D eigenvalue weighted by molar-refractivity contribution is 0.803. The first-order valence-electron chi connectivity index (χ1n) is 7.05. The maximum atomic E-state index is 12.0. The first-order chi connectivity index (χ1) is 11.2. The molecular weight excluding hydrogens is 328 g/mol. The zero-order valence-electron chi connectivity index (χ0n) is 12.3. The summed E-state index contributed by atoms with van der Waals surface area (Å²) in [5.41, 5.74) is 1.41. The van der Waals surface area contributed by atoms with Gasteiger partial charge in [-0.3, -0.25) is 4.79 Å². The summed E-state index contributed by atoms with van der Waals surface area (Å²) in [7, 11) is 0. The lowest BCUT2D eigenvalue weighted by atomic mass is 10.1. The van der Waals surface area contributed by atoms with E-state index in [0.29, 0.717) is 10.7 Å². The number of aromatic nitrogens is 4. The van der Waals surface area contributed by atoms with Crippen molar-refractivity contribution in [2.75, 3.05) is 0 Å². The quantitative estimate of drug-likeness (QED) is 0.536. The van der Waals surface area contributed by atoms with Crippen molar-refractivity contribution in [2.24, 2.45) is 0 Å². The molecule has 2 heterocycles. The van der Waals surface area contributed by atoms with E-state index in [-0.39, 0.29) is 5.56 Å². The van der Waals surface area contributed by atoms with Crippen molar-refractivity contribution >= 4 is 38.8 Å². The highest BCUT2D eigenvalue weighted by molar-refractivity contribution is 8.00. The van der Waals surface area contributed by atoms with Crippen molar-refractivity contribution < 1.29 is 0 Å². The minimum absolute atomic E-state index is 0.205. The van der Waals surface area contributed by atoms with Crippen molar-refractivity contribution in [1.29, 1.82) is 0 Å². The second kappa shape index (κ2) is 5.75. The van der Waals surface area contributed by atoms with Crippen molar-refractivity contribution in [3.8, 4) is 0 Å². The Morgan fingerprint density at radius 2 is 1.96 bits per heavy atom. The van der Waals surface area contributed by atoms with Crippen LogP contribution >= 0.6 is 23.1 Å². The summed E-state index contributed by atoms with van der Waals surface area (Å²) in [4.78, 5) is 12.5. The van der Waals surface area contributed by atoms with Crippen molar-refractivity contribution in [1.82, 2.24) is 19.8 Å². The van der Waals surface area contributed by atoms with E-state index in [0.717, 1.165) is 10.1 Å². The third-order valence-electron chi connectivity index (χ3n) is 3.56. The molecule has 2 aromatic heterocycles. The number of aryl methyl sites for hydroxylation is 1. The predicted octanol–water partition coefficient (Wildman–Crippen LogP) is 3.30. The van der Waals surface area contributed by atoms with Gasteiger partial charge in [0.15, 0.2) is 4.34 Å². The van der Waals surface area contributed by atoms with E-state index in [2.05, 4.69) is 45.6 Å². The van der Waals surface area contributed by atoms with E-state index in [1.165, 1.54) is 32.2 Å². The Bertz CT molecular complexity index is 1070. The van der Waals surface area contributed by atoms with Gasteiger partial charge in [0.25, 0.3) is 5.56 Å². The summed E-state index contributed by atoms with van der Waals surface area (Å²) < 4.78 is 2.15. The first-order valence-corrected chi connectivity index (χ1v) is 8.85. The summed E-state index contributed by atoms with van der Waals surface area (Å²) in [6.07, 6.45) is 0. The van der Waals surface area contributed by atoms with Gasteiger partial charge < -0.3 is 0 Å². The zero-order chi connectivity index (χ0) is 15.8. The maximum absolute atomic E-state index is 12.0. The van der Waals surface area contributed by atoms with Gasteiger partial charge in [0.1, 0.15) is 5.69 Å². The van der Waals surface area contributed by atoms with Crippen LogP contribution in [-0.4, -0.2) is 19.8 Å². The van der Waals surface area contributed by atoms with Crippen molar-refractivity contribution in [2.45, 2.75) is 17.0 Å². The van der Waals surface area contributed by atoms with Crippen LogP contribution in [0.1, 0.15) is 11.3 Å². The van der Waals surface area contributed by atoms with Crippen LogP contribution in [-0.2, 0) is 5.75 Å². The summed E-state index contributed by atoms with van der Waals surface area (Å²) in [5.74, 6) is 0.794. The molecule has 7 heteroatoms. The smallest absolute Gasteiger partial charge is 0.265 e. The van der Waals surface area contributed by atoms with Crippen LogP contribution in [0.3, 0.4) is 0 Å². The minimum atomic E-state index is -0.205. The Morgan fingerprint density at radius 3 is 2.87 bits per heavy atom. The second-order valence-electron chi connectivity index (χ2n) is 5.08. The molecule has 5 nitrogen and oxygen atoms in total. The molecule has 0 unspecified atom stereocenters. The van der Waals surface area contributed by atoms with E-state index in [4.69, 9.17) is 0 Å². The topological polar surface area (TPSA) is 60.1 Å². The Morgan fingerprint density at radius 1 is 1.13 bits per heavy atom. The number of nitrogens with zero attached hydrogens (tertiary/aromatic N) is 4. The molecule has 0 atom stereocenters. The van der Waals surface area contributed by atoms with Crippen molar-refractivity contribution in [3.63, 3.8) is 0 Å². The Hall–Kier alpha value is -2.25. The van der Waals surface area contributed by atoms with Crippen molar-refractivity contribution in [3.05, 3.63) is 64.1 Å². The van der Waals surface area contributed by atoms with E-state index >= 15 is 0 Å². The SMILES string of the molecule is Cc1nnc2sc(SCc3cccc4ccccc34)nn2c1=O. The van der Waals surface area contributed by atoms with Crippen LogP contribution in [0.25, 0.3) is 15.7 Å². The number of hydrogen-bond acceptors (Lipinski definition) is 6. The van der Waals surface area contributed by atoms with Gasteiger partial charge >= 0.3 is 0 Å². The molecule has 0 bridgehead atoms. The molecule has 0 N–H and O–H groups in total. The third-order valence-corrected chi connectivity index (χ3v) is 5.64. The minimum Gasteiger partial charge on any atom is -0.265 e. The van der Waals surface area contributed by atoms with Crippen LogP contribution < -0.4 is 5.56 Å². The van der Waals surface area contributed by atoms with Gasteiger partial charge in [0.05, 0.1) is 0 Å². The van der Waals surface area contributed by atoms with Gasteiger partial charge in [-0.15, -0.1) is 15.3 Å². The highest BCUT2D eigenvalue weighted by atomic mass is 32.2. The van der Waals surface area contributed by atoms with E-state index < -0.39 is 0 Å². The summed E-state index contributed by atoms with van der Waals surface area (Å²) >= 11 is 2.99. The molecule has 0 fully saturated rings. The van der Waals surface area contributed by atoms with Crippen LogP contribution in [0.4, 0.5) is 0 Å². The zero-order valence-corrected chi connectivity index (χ0v) is 13.9. The summed E-state index contributed by atoms with van der Waals surface area (Å²) in [6, 6.07) is 14.6. The van der Waals surface area contributed by atoms with Crippen LogP contribution in [0.5, 0.6) is 0 Å². The number of thioether (sulfide) groups is 1. The van der Waals surface area contributed by atoms with Crippen LogP contribution in [0, 0.1) is 6.92 Å². The van der Waals surface area contributed by atoms with Gasteiger partial charge in [-0.1, -0.05) is 65.6 Å². The Kier molecular flexibility index (Phi) is 3.59. The average Bonchev–Trinajstić information content (AvgIpc) is 3.00. The molecule has 0 saturated heterocycles. The first kappa shape index (κ1) is 14.3. The highest BCUT2D eigenvalue weighted by Gasteiger charge is 2.10. The van der Waals surface area contributed by atoms with Crippen LogP contribution in [0.15, 0.2) is 51.6 Å². The van der Waals surface area contributed by atoms with Crippen LogP contribution in [0.2, 0.25) is 0 Å². The molecule has 4 rings (SSSR count). The number of fused-ring (bicyclic) bond motifs is 2. The Labute approximate surface area is 140 Å². The number of rotatable bonds is 3. The Balaban J connectivity index is 1.66. The van der Waals surface area contributed by atoms with Gasteiger partial charge in [-0.25, -0.2) is 0 Å². The van der Waals surface area contributed by atoms with Gasteiger partial charge in [0.2, 0.25) is 4.96 Å². The molecule has 0 saturated carbocycles. The van der Waals surface area contributed by atoms with E-state index in [1.54, 1.807) is 18.7 Å². The fraction of sp³-hybridized carbons (Fsp3) is 0.125. The predicted molar refractivity (Wildman–Crippen MR) is 93.2 cm³/mol. The second-order valence-corrected chi connectivity index (χ2v) is 7.26. The molecule has 0 radical (unpaired) electrons. The molecule has 0 amide bonds. The molecule has 4 aromatic rings. The van der Waals surface area contributed by atoms with Gasteiger partial charge in [0, 0.05) is 5.75 Å². The number of benzene rings is 2. The standard InChI is InChI=1S/C16H12N4OS2/c1-10-14(21)20-15(18-17-10)23-16(19-20)22-9-12-7-4-6-11-5-2-3-8-13(11)12/h2-8H,9H2,1H3. The lowest BCUT2D eigenvalue weighted by Crippen LogP contribution is -2.19. The normalized spacial score (nSPS) is 11.3. The average molecular weight is 340 g/mol. The van der Waals surface area contributed by atoms with E-state index in [9.17, 15) is 4.79 Å². The highest BCUT2D eigenvalue weighted by Crippen LogP contribution is 2.29. The molecule has 114 valence electrons. The van der Waals surface area contributed by atoms with Gasteiger partial charge in [-0.2, -0.15) is 4.52 Å². The molecule has 23 heavy (non-hydrogen) atoms. The fourth-order valence-corrected chi connectivity index (χ4v) is 4.27. The number of hydrogen-bond donors (Lipinski definition) is 0. The molecule has 0 spiro atoms. The largest absolute Gasteiger partial charge is 0.296 e.